The zero-order valence-electron chi connectivity index (χ0n) is 35.1. The van der Waals surface area contributed by atoms with Gasteiger partial charge in [0, 0.05) is 62.6 Å². The summed E-state index contributed by atoms with van der Waals surface area (Å²) in [5.41, 5.74) is 10.8. The van der Waals surface area contributed by atoms with Crippen LogP contribution in [0, 0.1) is 0 Å². The van der Waals surface area contributed by atoms with E-state index in [1.807, 2.05) is 30.3 Å². The highest BCUT2D eigenvalue weighted by atomic mass is 31.2. The second-order valence-electron chi connectivity index (χ2n) is 16.7. The van der Waals surface area contributed by atoms with Gasteiger partial charge in [0.15, 0.2) is 18.9 Å². The Kier molecular flexibility index (Phi) is 9.69. The third-order valence-electron chi connectivity index (χ3n) is 13.7. The largest absolute Gasteiger partial charge is 0.309 e. The summed E-state index contributed by atoms with van der Waals surface area (Å²) in [6, 6.07) is 61.1. The summed E-state index contributed by atoms with van der Waals surface area (Å²) in [5.74, 6) is 0.325. The van der Waals surface area contributed by atoms with Crippen LogP contribution in [0.1, 0.15) is 70.4 Å². The molecule has 0 N–H and O–H groups in total. The quantitative estimate of drug-likeness (QED) is 0.0999. The fourth-order valence-electron chi connectivity index (χ4n) is 10.7. The Bertz CT molecular complexity index is 3100. The molecule has 2 aromatic heterocycles. The molecule has 0 amide bonds. The van der Waals surface area contributed by atoms with Crippen LogP contribution in [0.3, 0.4) is 0 Å². The third-order valence-corrected chi connectivity index (χ3v) is 16.7. The normalized spacial score (nSPS) is 15.5. The van der Waals surface area contributed by atoms with Crippen molar-refractivity contribution in [3.8, 4) is 28.1 Å². The molecule has 7 aromatic carbocycles. The van der Waals surface area contributed by atoms with Crippen molar-refractivity contribution in [1.29, 1.82) is 0 Å². The van der Waals surface area contributed by atoms with Gasteiger partial charge in [0.25, 0.3) is 0 Å². The molecule has 60 heavy (non-hydrogen) atoms. The second-order valence-corrected chi connectivity index (χ2v) is 19.5. The molecule has 296 valence electrons. The first-order valence-electron chi connectivity index (χ1n) is 21.9. The molecule has 4 heteroatoms. The minimum atomic E-state index is -3.39. The summed E-state index contributed by atoms with van der Waals surface area (Å²) < 4.78 is 21.5. The van der Waals surface area contributed by atoms with Crippen molar-refractivity contribution in [3.63, 3.8) is 0 Å². The van der Waals surface area contributed by atoms with Crippen molar-refractivity contribution in [2.45, 2.75) is 71.3 Å². The Labute approximate surface area is 354 Å². The maximum atomic E-state index is 16.5. The third kappa shape index (κ3) is 5.93. The van der Waals surface area contributed by atoms with Crippen LogP contribution >= 0.6 is 7.14 Å². The summed E-state index contributed by atoms with van der Waals surface area (Å²) in [5, 5.41) is 7.39. The molecule has 0 saturated carbocycles. The molecule has 0 spiro atoms. The van der Waals surface area contributed by atoms with E-state index in [0.717, 1.165) is 64.7 Å². The number of rotatable bonds is 10. The monoisotopic (exact) mass is 799 g/mol. The number of aryl methyl sites for hydroxylation is 1. The number of fused-ring (bicyclic) bond motifs is 7. The average molecular weight is 800 g/mol. The van der Waals surface area contributed by atoms with Crippen molar-refractivity contribution in [2.24, 2.45) is 0 Å². The van der Waals surface area contributed by atoms with Crippen LogP contribution < -0.4 is 20.5 Å². The van der Waals surface area contributed by atoms with Crippen molar-refractivity contribution in [3.05, 3.63) is 187 Å². The standard InChI is InChI=1S/C56H52N2OP/c1-5-17-39-26-28-40(29-27-39)42-30-33-54-50(34-42)49-24-14-15-25-53(49)58(54)44-20-16-23-46(36-44)60(59,45-21-10-9-11-22-45)47-31-32-48-51(37-47)55-35-41-18-12-13-19-43(41)38-57(55)56(7-3,8-4)52(48)6-2/h9-16,18-38,52H,5-8,17H2,1-4H3/q+1. The van der Waals surface area contributed by atoms with E-state index in [1.54, 1.807) is 0 Å². The maximum absolute atomic E-state index is 16.5. The number of hydrogen-bond donors (Lipinski definition) is 0. The van der Waals surface area contributed by atoms with E-state index in [9.17, 15) is 0 Å². The molecule has 9 aromatic rings. The van der Waals surface area contributed by atoms with Crippen LogP contribution in [0.4, 0.5) is 0 Å². The first-order valence-corrected chi connectivity index (χ1v) is 23.6. The molecule has 0 aliphatic carbocycles. The Balaban J connectivity index is 1.16. The van der Waals surface area contributed by atoms with Gasteiger partial charge in [-0.2, -0.15) is 4.57 Å². The van der Waals surface area contributed by atoms with Gasteiger partial charge in [0.1, 0.15) is 0 Å². The Morgan fingerprint density at radius 1 is 0.583 bits per heavy atom. The number of para-hydroxylation sites is 1. The molecular weight excluding hydrogens is 748 g/mol. The first-order chi connectivity index (χ1) is 29.4. The van der Waals surface area contributed by atoms with Gasteiger partial charge >= 0.3 is 0 Å². The minimum absolute atomic E-state index is 0.0531. The van der Waals surface area contributed by atoms with Crippen molar-refractivity contribution in [2.75, 3.05) is 0 Å². The second kappa shape index (κ2) is 15.2. The molecule has 10 rings (SSSR count). The van der Waals surface area contributed by atoms with Gasteiger partial charge in [0.05, 0.1) is 16.6 Å². The van der Waals surface area contributed by atoms with Gasteiger partial charge in [-0.25, -0.2) is 0 Å². The van der Waals surface area contributed by atoms with Gasteiger partial charge in [-0.05, 0) is 82.9 Å². The van der Waals surface area contributed by atoms with E-state index in [2.05, 4.69) is 183 Å². The molecule has 0 fully saturated rings. The predicted octanol–water partition coefficient (Wildman–Crippen LogP) is 13.2. The van der Waals surface area contributed by atoms with Gasteiger partial charge in [-0.15, -0.1) is 0 Å². The topological polar surface area (TPSA) is 25.9 Å². The lowest BCUT2D eigenvalue weighted by atomic mass is 9.69. The first kappa shape index (κ1) is 38.2. The van der Waals surface area contributed by atoms with Crippen LogP contribution in [-0.4, -0.2) is 4.57 Å². The number of benzene rings is 7. The lowest BCUT2D eigenvalue weighted by molar-refractivity contribution is -0.761. The van der Waals surface area contributed by atoms with Gasteiger partial charge in [-0.3, -0.25) is 0 Å². The molecule has 2 atom stereocenters. The van der Waals surface area contributed by atoms with E-state index in [4.69, 9.17) is 0 Å². The lowest BCUT2D eigenvalue weighted by Gasteiger charge is -2.40. The predicted molar refractivity (Wildman–Crippen MR) is 254 cm³/mol. The molecule has 2 unspecified atom stereocenters. The molecule has 0 saturated heterocycles. The molecule has 0 radical (unpaired) electrons. The Hall–Kier alpha value is -6.02. The van der Waals surface area contributed by atoms with Crippen LogP contribution in [-0.2, 0) is 16.5 Å². The van der Waals surface area contributed by atoms with Crippen molar-refractivity contribution < 1.29 is 9.13 Å². The summed E-state index contributed by atoms with van der Waals surface area (Å²) in [7, 11) is -3.39. The maximum Gasteiger partial charge on any atom is 0.213 e. The van der Waals surface area contributed by atoms with E-state index in [-0.39, 0.29) is 5.54 Å². The van der Waals surface area contributed by atoms with Gasteiger partial charge in [-0.1, -0.05) is 155 Å². The summed E-state index contributed by atoms with van der Waals surface area (Å²) in [4.78, 5) is 0. The van der Waals surface area contributed by atoms with E-state index in [1.165, 1.54) is 55.1 Å². The van der Waals surface area contributed by atoms with E-state index in [0.29, 0.717) is 5.92 Å². The van der Waals surface area contributed by atoms with Crippen LogP contribution in [0.15, 0.2) is 176 Å². The summed E-state index contributed by atoms with van der Waals surface area (Å²) in [6.45, 7) is 9.24. The summed E-state index contributed by atoms with van der Waals surface area (Å²) in [6.07, 6.45) is 7.71. The number of aromatic nitrogens is 2. The van der Waals surface area contributed by atoms with Crippen molar-refractivity contribution in [1.82, 2.24) is 4.57 Å². The molecule has 3 heterocycles. The Morgan fingerprint density at radius 3 is 2.03 bits per heavy atom. The van der Waals surface area contributed by atoms with E-state index < -0.39 is 7.14 Å². The van der Waals surface area contributed by atoms with E-state index >= 15 is 4.57 Å². The molecule has 1 aliphatic rings. The van der Waals surface area contributed by atoms with Gasteiger partial charge < -0.3 is 9.13 Å². The Morgan fingerprint density at radius 2 is 1.27 bits per heavy atom. The smallest absolute Gasteiger partial charge is 0.213 e. The minimum Gasteiger partial charge on any atom is -0.309 e. The molecular formula is C56H52N2OP+. The molecule has 1 aliphatic heterocycles. The fourth-order valence-corrected chi connectivity index (χ4v) is 13.4. The van der Waals surface area contributed by atoms with Crippen LogP contribution in [0.5, 0.6) is 0 Å². The number of nitrogens with zero attached hydrogens (tertiary/aromatic N) is 2. The molecule has 0 bridgehead atoms. The van der Waals surface area contributed by atoms with Crippen molar-refractivity contribution >= 4 is 55.6 Å². The van der Waals surface area contributed by atoms with Crippen LogP contribution in [0.25, 0.3) is 60.6 Å². The number of pyridine rings is 1. The fraction of sp³-hybridized carbons (Fsp3) is 0.196. The SMILES string of the molecule is CCCc1ccc(-c2ccc3c(c2)c2ccccc2n3-c2cccc(P(=O)(c3ccccc3)c3ccc4c(c3)-c3cc5ccccc5c[n+]3C(CC)(CC)C4CC)c2)cc1. The zero-order valence-corrected chi connectivity index (χ0v) is 36.0. The number of hydrogen-bond acceptors (Lipinski definition) is 1. The van der Waals surface area contributed by atoms with Crippen LogP contribution in [0.2, 0.25) is 0 Å². The zero-order chi connectivity index (χ0) is 41.0. The highest BCUT2D eigenvalue weighted by Crippen LogP contribution is 2.50. The highest BCUT2D eigenvalue weighted by molar-refractivity contribution is 7.85. The lowest BCUT2D eigenvalue weighted by Crippen LogP contribution is -2.62. The molecule has 3 nitrogen and oxygen atoms in total. The average Bonchev–Trinajstić information content (AvgIpc) is 3.64. The van der Waals surface area contributed by atoms with Gasteiger partial charge in [0.2, 0.25) is 5.69 Å². The summed E-state index contributed by atoms with van der Waals surface area (Å²) >= 11 is 0. The highest BCUT2D eigenvalue weighted by Gasteiger charge is 2.51.